The van der Waals surface area contributed by atoms with Crippen LogP contribution in [0.3, 0.4) is 0 Å². The second kappa shape index (κ2) is 8.89. The van der Waals surface area contributed by atoms with Crippen molar-refractivity contribution in [2.75, 3.05) is 0 Å². The molecule has 0 amide bonds. The molecule has 0 radical (unpaired) electrons. The molecule has 2 aromatic carbocycles. The van der Waals surface area contributed by atoms with Gasteiger partial charge in [-0.05, 0) is 23.6 Å². The first-order valence-corrected chi connectivity index (χ1v) is 10.3. The zero-order valence-corrected chi connectivity index (χ0v) is 17.5. The number of rotatable bonds is 7. The molecule has 0 spiro atoms. The van der Waals surface area contributed by atoms with E-state index in [1.54, 1.807) is 24.3 Å². The molecule has 0 bridgehead atoms. The maximum absolute atomic E-state index is 13.1. The summed E-state index contributed by atoms with van der Waals surface area (Å²) in [4.78, 5) is 44.5. The number of aromatic amines is 1. The van der Waals surface area contributed by atoms with Crippen molar-refractivity contribution in [3.8, 4) is 11.4 Å². The second-order valence-corrected chi connectivity index (χ2v) is 7.39. The Bertz CT molecular complexity index is 1410. The number of nitrogens with zero attached hydrogens (tertiary/aromatic N) is 3. The molecular weight excluding hydrogens is 408 g/mol. The summed E-state index contributed by atoms with van der Waals surface area (Å²) in [6.45, 7) is 2.53. The molecule has 162 valence electrons. The fourth-order valence-corrected chi connectivity index (χ4v) is 3.55. The van der Waals surface area contributed by atoms with E-state index in [1.165, 1.54) is 15.2 Å². The van der Waals surface area contributed by atoms with Crippen molar-refractivity contribution in [1.82, 2.24) is 19.1 Å². The van der Waals surface area contributed by atoms with Crippen LogP contribution in [0.15, 0.2) is 70.3 Å². The minimum atomic E-state index is -1.02. The third kappa shape index (κ3) is 4.15. The quantitative estimate of drug-likeness (QED) is 0.438. The van der Waals surface area contributed by atoms with Crippen molar-refractivity contribution < 1.29 is 9.90 Å². The first-order chi connectivity index (χ1) is 15.5. The highest BCUT2D eigenvalue weighted by Crippen LogP contribution is 2.20. The third-order valence-corrected chi connectivity index (χ3v) is 5.09. The maximum Gasteiger partial charge on any atom is 0.333 e. The summed E-state index contributed by atoms with van der Waals surface area (Å²) in [6.07, 6.45) is 3.21. The second-order valence-electron chi connectivity index (χ2n) is 7.39. The maximum atomic E-state index is 13.1. The van der Waals surface area contributed by atoms with E-state index in [0.717, 1.165) is 17.2 Å². The van der Waals surface area contributed by atoms with Crippen LogP contribution >= 0.6 is 0 Å². The fraction of sp³-hybridized carbons (Fsp3) is 0.167. The number of benzene rings is 2. The molecule has 0 unspecified atom stereocenters. The molecule has 0 saturated carbocycles. The Morgan fingerprint density at radius 3 is 2.44 bits per heavy atom. The van der Waals surface area contributed by atoms with E-state index in [-0.39, 0.29) is 11.2 Å². The van der Waals surface area contributed by atoms with Crippen molar-refractivity contribution in [2.45, 2.75) is 26.4 Å². The summed E-state index contributed by atoms with van der Waals surface area (Å²) < 4.78 is 2.76. The number of hydrogen-bond acceptors (Lipinski definition) is 4. The predicted octanol–water partition coefficient (Wildman–Crippen LogP) is 3.11. The van der Waals surface area contributed by atoms with Crippen LogP contribution in [0.4, 0.5) is 0 Å². The molecule has 0 fully saturated rings. The Labute approximate surface area is 183 Å². The van der Waals surface area contributed by atoms with Crippen LogP contribution in [0.5, 0.6) is 0 Å². The summed E-state index contributed by atoms with van der Waals surface area (Å²) in [7, 11) is 0. The molecule has 0 aliphatic rings. The predicted molar refractivity (Wildman–Crippen MR) is 123 cm³/mol. The van der Waals surface area contributed by atoms with Crippen molar-refractivity contribution in [3.63, 3.8) is 0 Å². The Morgan fingerprint density at radius 1 is 1.06 bits per heavy atom. The molecule has 0 saturated heterocycles. The number of imidazole rings is 1. The molecule has 0 aliphatic carbocycles. The Hall–Kier alpha value is -4.20. The van der Waals surface area contributed by atoms with Crippen LogP contribution in [-0.2, 0) is 17.9 Å². The van der Waals surface area contributed by atoms with Gasteiger partial charge in [0, 0.05) is 18.2 Å². The van der Waals surface area contributed by atoms with Gasteiger partial charge in [-0.15, -0.1) is 0 Å². The van der Waals surface area contributed by atoms with Gasteiger partial charge in [0.15, 0.2) is 5.65 Å². The van der Waals surface area contributed by atoms with Gasteiger partial charge in [-0.3, -0.25) is 13.9 Å². The van der Waals surface area contributed by atoms with Crippen molar-refractivity contribution in [2.24, 2.45) is 0 Å². The SMILES string of the molecule is CCCn1c(=O)c2[nH]c(-c3ccc(/C=C/C(=O)O)cc3)nc2n(Cc2ccccc2)c1=O. The van der Waals surface area contributed by atoms with Gasteiger partial charge >= 0.3 is 11.7 Å². The van der Waals surface area contributed by atoms with Crippen molar-refractivity contribution in [3.05, 3.63) is 92.6 Å². The number of carboxylic acids is 1. The number of aromatic nitrogens is 4. The van der Waals surface area contributed by atoms with Gasteiger partial charge in [0.2, 0.25) is 0 Å². The minimum Gasteiger partial charge on any atom is -0.478 e. The molecule has 4 rings (SSSR count). The van der Waals surface area contributed by atoms with E-state index in [2.05, 4.69) is 9.97 Å². The van der Waals surface area contributed by atoms with Gasteiger partial charge in [-0.2, -0.15) is 0 Å². The Morgan fingerprint density at radius 2 is 1.78 bits per heavy atom. The molecule has 2 aromatic heterocycles. The Balaban J connectivity index is 1.84. The average Bonchev–Trinajstić information content (AvgIpc) is 3.25. The summed E-state index contributed by atoms with van der Waals surface area (Å²) in [6, 6.07) is 16.6. The smallest absolute Gasteiger partial charge is 0.333 e. The van der Waals surface area contributed by atoms with E-state index in [4.69, 9.17) is 5.11 Å². The van der Waals surface area contributed by atoms with Gasteiger partial charge in [-0.1, -0.05) is 61.5 Å². The number of carboxylic acid groups (broad SMARTS) is 1. The molecule has 2 heterocycles. The lowest BCUT2D eigenvalue weighted by atomic mass is 10.1. The van der Waals surface area contributed by atoms with Crippen LogP contribution < -0.4 is 11.2 Å². The third-order valence-electron chi connectivity index (χ3n) is 5.09. The van der Waals surface area contributed by atoms with Gasteiger partial charge < -0.3 is 10.1 Å². The summed E-state index contributed by atoms with van der Waals surface area (Å²) in [5.41, 5.74) is 2.17. The summed E-state index contributed by atoms with van der Waals surface area (Å²) >= 11 is 0. The van der Waals surface area contributed by atoms with E-state index < -0.39 is 11.5 Å². The normalized spacial score (nSPS) is 11.4. The molecule has 8 nitrogen and oxygen atoms in total. The first-order valence-electron chi connectivity index (χ1n) is 10.3. The van der Waals surface area contributed by atoms with Crippen LogP contribution in [0.2, 0.25) is 0 Å². The van der Waals surface area contributed by atoms with Crippen LogP contribution in [0.25, 0.3) is 28.6 Å². The van der Waals surface area contributed by atoms with Crippen LogP contribution in [-0.4, -0.2) is 30.2 Å². The minimum absolute atomic E-state index is 0.277. The highest BCUT2D eigenvalue weighted by Gasteiger charge is 2.18. The first kappa shape index (κ1) is 21.0. The van der Waals surface area contributed by atoms with Crippen molar-refractivity contribution >= 4 is 23.2 Å². The highest BCUT2D eigenvalue weighted by atomic mass is 16.4. The molecule has 8 heteroatoms. The lowest BCUT2D eigenvalue weighted by molar-refractivity contribution is -0.131. The van der Waals surface area contributed by atoms with E-state index in [9.17, 15) is 14.4 Å². The van der Waals surface area contributed by atoms with Crippen molar-refractivity contribution in [1.29, 1.82) is 0 Å². The lowest BCUT2D eigenvalue weighted by Gasteiger charge is -2.10. The molecule has 0 atom stereocenters. The number of carbonyl (C=O) groups is 1. The molecule has 32 heavy (non-hydrogen) atoms. The standard InChI is InChI=1S/C24H22N4O4/c1-2-14-27-23(31)20-22(28(24(27)32)15-17-6-4-3-5-7-17)26-21(25-20)18-11-8-16(9-12-18)10-13-19(29)30/h3-13H,2,14-15H2,1H3,(H,25,26)(H,29,30)/b13-10+. The topological polar surface area (TPSA) is 110 Å². The number of fused-ring (bicyclic) bond motifs is 1. The monoisotopic (exact) mass is 430 g/mol. The molecule has 0 aliphatic heterocycles. The van der Waals surface area contributed by atoms with Gasteiger partial charge in [0.05, 0.1) is 6.54 Å². The number of hydrogen-bond donors (Lipinski definition) is 2. The van der Waals surface area contributed by atoms with Gasteiger partial charge in [0.25, 0.3) is 5.56 Å². The van der Waals surface area contributed by atoms with E-state index >= 15 is 0 Å². The number of aliphatic carboxylic acids is 1. The highest BCUT2D eigenvalue weighted by molar-refractivity contribution is 5.85. The van der Waals surface area contributed by atoms with Crippen LogP contribution in [0, 0.1) is 0 Å². The zero-order valence-electron chi connectivity index (χ0n) is 17.5. The summed E-state index contributed by atoms with van der Waals surface area (Å²) in [5.74, 6) is -0.563. The lowest BCUT2D eigenvalue weighted by Crippen LogP contribution is -2.40. The number of nitrogens with one attached hydrogen (secondary N) is 1. The zero-order chi connectivity index (χ0) is 22.7. The van der Waals surface area contributed by atoms with Gasteiger partial charge in [0.1, 0.15) is 11.3 Å². The van der Waals surface area contributed by atoms with E-state index in [0.29, 0.717) is 36.5 Å². The molecular formula is C24H22N4O4. The van der Waals surface area contributed by atoms with Crippen LogP contribution in [0.1, 0.15) is 24.5 Å². The summed E-state index contributed by atoms with van der Waals surface area (Å²) in [5, 5.41) is 8.77. The van der Waals surface area contributed by atoms with Gasteiger partial charge in [-0.25, -0.2) is 14.6 Å². The molecule has 2 N–H and O–H groups in total. The molecule has 4 aromatic rings. The fourth-order valence-electron chi connectivity index (χ4n) is 3.55. The largest absolute Gasteiger partial charge is 0.478 e. The Kier molecular flexibility index (Phi) is 5.85. The average molecular weight is 430 g/mol. The van der Waals surface area contributed by atoms with E-state index in [1.807, 2.05) is 37.3 Å². The number of H-pyrrole nitrogens is 1.